The number of ether oxygens (including phenoxy) is 2. The van der Waals surface area contributed by atoms with Crippen molar-refractivity contribution in [3.8, 4) is 0 Å². The first-order valence-corrected chi connectivity index (χ1v) is 15.3. The number of urea groups is 1. The number of H-pyrrole nitrogens is 1. The molecule has 17 heteroatoms. The number of amides is 3. The van der Waals surface area contributed by atoms with E-state index in [1.54, 1.807) is 13.8 Å². The molecule has 0 spiro atoms. The van der Waals surface area contributed by atoms with E-state index in [2.05, 4.69) is 35.9 Å². The summed E-state index contributed by atoms with van der Waals surface area (Å²) in [5.41, 5.74) is 7.20. The largest absolute Gasteiger partial charge is 0.373 e. The van der Waals surface area contributed by atoms with Gasteiger partial charge in [-0.1, -0.05) is 13.8 Å². The number of imidazole rings is 1. The molecule has 7 N–H and O–H groups in total. The molecular weight excluding hydrogens is 569 g/mol. The molecule has 0 saturated carbocycles. The Balaban J connectivity index is 1.34. The van der Waals surface area contributed by atoms with Gasteiger partial charge in [-0.25, -0.2) is 19.7 Å². The molecule has 2 aromatic rings. The summed E-state index contributed by atoms with van der Waals surface area (Å²) in [7, 11) is -3.83. The highest BCUT2D eigenvalue weighted by Gasteiger charge is 2.43. The SMILES string of the molecule is CC(C)OC1C[C@H](N2C=C(/C=C/C(=O)NCCNc3ncnc4nc[nH]c34)C(N)NC2=O)O[C@@H]1COP(=O)(O)C(C)C. The summed E-state index contributed by atoms with van der Waals surface area (Å²) in [4.78, 5) is 51.9. The maximum atomic E-state index is 12.8. The molecule has 3 amide bonds. The zero-order valence-corrected chi connectivity index (χ0v) is 24.8. The highest BCUT2D eigenvalue weighted by molar-refractivity contribution is 7.53. The van der Waals surface area contributed by atoms with E-state index in [0.717, 1.165) is 0 Å². The average molecular weight is 608 g/mol. The van der Waals surface area contributed by atoms with E-state index >= 15 is 0 Å². The summed E-state index contributed by atoms with van der Waals surface area (Å²) in [6.07, 6.45) is 4.67. The molecule has 2 aliphatic rings. The second-order valence-corrected chi connectivity index (χ2v) is 12.8. The number of carbonyl (C=O) groups is 2. The van der Waals surface area contributed by atoms with Crippen molar-refractivity contribution < 1.29 is 33.0 Å². The zero-order valence-electron chi connectivity index (χ0n) is 23.9. The first-order valence-electron chi connectivity index (χ1n) is 13.6. The summed E-state index contributed by atoms with van der Waals surface area (Å²) in [5.74, 6) is 0.215. The summed E-state index contributed by atoms with van der Waals surface area (Å²) in [5, 5.41) is 8.53. The third kappa shape index (κ3) is 7.91. The Morgan fingerprint density at radius 2 is 2.10 bits per heavy atom. The van der Waals surface area contributed by atoms with E-state index in [0.29, 0.717) is 42.1 Å². The van der Waals surface area contributed by atoms with Gasteiger partial charge in [0.25, 0.3) is 0 Å². The lowest BCUT2D eigenvalue weighted by molar-refractivity contribution is -0.116. The molecule has 0 bridgehead atoms. The van der Waals surface area contributed by atoms with Crippen LogP contribution in [0.1, 0.15) is 34.1 Å². The van der Waals surface area contributed by atoms with Gasteiger partial charge in [0.15, 0.2) is 11.5 Å². The number of nitrogens with two attached hydrogens (primary N) is 1. The van der Waals surface area contributed by atoms with Gasteiger partial charge < -0.3 is 45.6 Å². The molecule has 5 atom stereocenters. The van der Waals surface area contributed by atoms with Crippen molar-refractivity contribution in [2.75, 3.05) is 25.0 Å². The quantitative estimate of drug-likeness (QED) is 0.107. The molecule has 3 unspecified atom stereocenters. The smallest absolute Gasteiger partial charge is 0.330 e. The van der Waals surface area contributed by atoms with Crippen LogP contribution in [-0.4, -0.2) is 97.7 Å². The van der Waals surface area contributed by atoms with E-state index in [1.165, 1.54) is 35.9 Å². The Morgan fingerprint density at radius 1 is 1.31 bits per heavy atom. The monoisotopic (exact) mass is 607 g/mol. The topological polar surface area (TPSA) is 219 Å². The Labute approximate surface area is 243 Å². The Morgan fingerprint density at radius 3 is 2.83 bits per heavy atom. The van der Waals surface area contributed by atoms with E-state index in [1.807, 2.05) is 13.8 Å². The molecule has 16 nitrogen and oxygen atoms in total. The fourth-order valence-electron chi connectivity index (χ4n) is 4.29. The highest BCUT2D eigenvalue weighted by atomic mass is 31.2. The lowest BCUT2D eigenvalue weighted by Crippen LogP contribution is -2.54. The number of nitrogens with zero attached hydrogens (tertiary/aromatic N) is 4. The first kappa shape index (κ1) is 31.5. The molecule has 0 radical (unpaired) electrons. The predicted molar refractivity (Wildman–Crippen MR) is 153 cm³/mol. The van der Waals surface area contributed by atoms with Gasteiger partial charge in [0.05, 0.1) is 30.8 Å². The summed E-state index contributed by atoms with van der Waals surface area (Å²) in [6, 6.07) is -0.490. The number of hydrogen-bond donors (Lipinski definition) is 6. The van der Waals surface area contributed by atoms with Crippen molar-refractivity contribution in [2.45, 2.75) is 70.5 Å². The molecule has 1 saturated heterocycles. The van der Waals surface area contributed by atoms with Gasteiger partial charge in [-0.2, -0.15) is 0 Å². The van der Waals surface area contributed by atoms with Crippen molar-refractivity contribution in [2.24, 2.45) is 5.73 Å². The Bertz CT molecular complexity index is 1360. The van der Waals surface area contributed by atoms with Gasteiger partial charge in [-0.3, -0.25) is 14.3 Å². The molecule has 42 heavy (non-hydrogen) atoms. The van der Waals surface area contributed by atoms with Crippen molar-refractivity contribution in [3.63, 3.8) is 0 Å². The fourth-order valence-corrected chi connectivity index (χ4v) is 4.95. The van der Waals surface area contributed by atoms with E-state index in [4.69, 9.17) is 19.7 Å². The molecule has 4 heterocycles. The van der Waals surface area contributed by atoms with Gasteiger partial charge in [-0.15, -0.1) is 0 Å². The van der Waals surface area contributed by atoms with Crippen molar-refractivity contribution in [1.82, 2.24) is 35.5 Å². The summed E-state index contributed by atoms with van der Waals surface area (Å²) >= 11 is 0. The maximum absolute atomic E-state index is 12.8. The van der Waals surface area contributed by atoms with Gasteiger partial charge in [0.2, 0.25) is 5.91 Å². The van der Waals surface area contributed by atoms with Crippen molar-refractivity contribution in [3.05, 3.63) is 36.6 Å². The van der Waals surface area contributed by atoms with Crippen LogP contribution in [0.4, 0.5) is 10.6 Å². The maximum Gasteiger partial charge on any atom is 0.330 e. The van der Waals surface area contributed by atoms with Crippen LogP contribution in [0.25, 0.3) is 11.2 Å². The molecule has 0 aliphatic carbocycles. The number of nitrogens with one attached hydrogen (secondary N) is 4. The summed E-state index contributed by atoms with van der Waals surface area (Å²) < 4.78 is 29.7. The second kappa shape index (κ2) is 13.7. The molecule has 4 rings (SSSR count). The molecule has 0 aromatic carbocycles. The number of fused-ring (bicyclic) bond motifs is 1. The van der Waals surface area contributed by atoms with Crippen LogP contribution in [0.15, 0.2) is 36.6 Å². The molecule has 1 fully saturated rings. The lowest BCUT2D eigenvalue weighted by atomic mass is 10.1. The molecule has 230 valence electrons. The number of rotatable bonds is 13. The van der Waals surface area contributed by atoms with E-state index < -0.39 is 43.9 Å². The summed E-state index contributed by atoms with van der Waals surface area (Å²) in [6.45, 7) is 7.45. The minimum atomic E-state index is -3.83. The van der Waals surface area contributed by atoms with E-state index in [9.17, 15) is 19.0 Å². The highest BCUT2D eigenvalue weighted by Crippen LogP contribution is 2.47. The minimum absolute atomic E-state index is 0.148. The minimum Gasteiger partial charge on any atom is -0.373 e. The Kier molecular flexibility index (Phi) is 10.3. The van der Waals surface area contributed by atoms with Crippen molar-refractivity contribution >= 4 is 36.5 Å². The van der Waals surface area contributed by atoms with Gasteiger partial charge in [0, 0.05) is 37.4 Å². The predicted octanol–water partition coefficient (Wildman–Crippen LogP) is 1.15. The van der Waals surface area contributed by atoms with Crippen LogP contribution in [0.2, 0.25) is 0 Å². The number of aromatic nitrogens is 4. The van der Waals surface area contributed by atoms with Crippen LogP contribution in [0.3, 0.4) is 0 Å². The van der Waals surface area contributed by atoms with Crippen molar-refractivity contribution in [1.29, 1.82) is 0 Å². The first-order chi connectivity index (χ1) is 19.9. The van der Waals surface area contributed by atoms with Crippen LogP contribution in [0.5, 0.6) is 0 Å². The zero-order chi connectivity index (χ0) is 30.4. The third-order valence-electron chi connectivity index (χ3n) is 6.54. The lowest BCUT2D eigenvalue weighted by Gasteiger charge is -2.32. The normalized spacial score (nSPS) is 24.3. The van der Waals surface area contributed by atoms with Gasteiger partial charge in [0.1, 0.15) is 30.3 Å². The van der Waals surface area contributed by atoms with Gasteiger partial charge in [-0.05, 0) is 19.9 Å². The number of carbonyl (C=O) groups excluding carboxylic acids is 2. The van der Waals surface area contributed by atoms with Gasteiger partial charge >= 0.3 is 13.6 Å². The number of anilines is 1. The standard InChI is InChI=1S/C25H38N9O7P/c1-14(2)40-17-9-20(41-18(17)11-39-42(37,38)15(3)4)34-10-16(22(26)33-25(34)36)5-6-19(35)27-7-8-28-23-21-24(30-12-29-21)32-13-31-23/h5-6,10,12-15,17-18,20,22H,7-9,11,26H2,1-4H3,(H,27,35)(H,33,36)(H,37,38)(H2,28,29,30,31,32)/b6-5+/t17?,18-,20-,22?/m1/s1. The molecule has 2 aromatic heterocycles. The molecular formula is C25H38N9O7P. The Hall–Kier alpha value is -3.40. The van der Waals surface area contributed by atoms with E-state index in [-0.39, 0.29) is 18.6 Å². The average Bonchev–Trinajstić information content (AvgIpc) is 3.56. The van der Waals surface area contributed by atoms with Crippen LogP contribution in [-0.2, 0) is 23.4 Å². The second-order valence-electron chi connectivity index (χ2n) is 10.4. The van der Waals surface area contributed by atoms with Crippen LogP contribution >= 0.6 is 7.60 Å². The number of hydrogen-bond acceptors (Lipinski definition) is 11. The third-order valence-corrected chi connectivity index (χ3v) is 8.37. The van der Waals surface area contributed by atoms with Crippen LogP contribution in [0, 0.1) is 0 Å². The fraction of sp³-hybridized carbons (Fsp3) is 0.560. The number of aromatic amines is 1. The molecule has 2 aliphatic heterocycles. The van der Waals surface area contributed by atoms with Crippen LogP contribution < -0.4 is 21.7 Å².